The van der Waals surface area contributed by atoms with Crippen LogP contribution in [0, 0.1) is 28.6 Å². The molecule has 0 amide bonds. The Morgan fingerprint density at radius 2 is 1.63 bits per heavy atom. The van der Waals surface area contributed by atoms with Gasteiger partial charge in [0.2, 0.25) is 0 Å². The van der Waals surface area contributed by atoms with Crippen LogP contribution in [0.2, 0.25) is 0 Å². The quantitative estimate of drug-likeness (QED) is 0.352. The fourth-order valence-corrected chi connectivity index (χ4v) is 8.42. The SMILES string of the molecule is C[C@]12CC[C@H]3[C@@H](CC=C4C=C(OCc5ccccc5)CC[C@@]43C)[C@@H]1CC[C@@H]2OC(=O)CCc1ccccc1. The van der Waals surface area contributed by atoms with Crippen molar-refractivity contribution < 1.29 is 14.3 Å². The van der Waals surface area contributed by atoms with E-state index in [2.05, 4.69) is 68.5 Å². The molecule has 0 radical (unpaired) electrons. The summed E-state index contributed by atoms with van der Waals surface area (Å²) in [6.07, 6.45) is 14.1. The van der Waals surface area contributed by atoms with E-state index in [1.165, 1.54) is 42.4 Å². The van der Waals surface area contributed by atoms with Crippen molar-refractivity contribution in [2.75, 3.05) is 0 Å². The van der Waals surface area contributed by atoms with Gasteiger partial charge in [-0.1, -0.05) is 80.6 Å². The first kappa shape index (κ1) is 25.5. The lowest BCUT2D eigenvalue weighted by molar-refractivity contribution is -0.159. The van der Waals surface area contributed by atoms with Crippen LogP contribution < -0.4 is 0 Å². The van der Waals surface area contributed by atoms with Gasteiger partial charge in [-0.05, 0) is 90.9 Å². The second kappa shape index (κ2) is 10.4. The minimum atomic E-state index is -0.0268. The van der Waals surface area contributed by atoms with Gasteiger partial charge in [-0.25, -0.2) is 0 Å². The van der Waals surface area contributed by atoms with Crippen LogP contribution in [-0.2, 0) is 27.3 Å². The molecular formula is C35H42O3. The molecule has 0 saturated heterocycles. The van der Waals surface area contributed by atoms with Crippen LogP contribution in [0.25, 0.3) is 0 Å². The number of hydrogen-bond acceptors (Lipinski definition) is 3. The predicted octanol–water partition coefficient (Wildman–Crippen LogP) is 8.20. The highest BCUT2D eigenvalue weighted by molar-refractivity contribution is 5.70. The van der Waals surface area contributed by atoms with Crippen LogP contribution in [0.1, 0.15) is 76.3 Å². The van der Waals surface area contributed by atoms with E-state index in [-0.39, 0.29) is 22.9 Å². The number of esters is 1. The Morgan fingerprint density at radius 1 is 0.895 bits per heavy atom. The molecule has 2 fully saturated rings. The van der Waals surface area contributed by atoms with Gasteiger partial charge < -0.3 is 9.47 Å². The Kier molecular flexibility index (Phi) is 6.97. The Morgan fingerprint density at radius 3 is 2.39 bits per heavy atom. The van der Waals surface area contributed by atoms with Crippen molar-refractivity contribution in [3.8, 4) is 0 Å². The zero-order valence-electron chi connectivity index (χ0n) is 23.0. The summed E-state index contributed by atoms with van der Waals surface area (Å²) >= 11 is 0. The monoisotopic (exact) mass is 510 g/mol. The molecular weight excluding hydrogens is 468 g/mol. The van der Waals surface area contributed by atoms with Gasteiger partial charge in [0.25, 0.3) is 0 Å². The van der Waals surface area contributed by atoms with Gasteiger partial charge in [0.15, 0.2) is 0 Å². The van der Waals surface area contributed by atoms with Gasteiger partial charge in [-0.15, -0.1) is 0 Å². The van der Waals surface area contributed by atoms with Crippen molar-refractivity contribution in [1.29, 1.82) is 0 Å². The topological polar surface area (TPSA) is 35.5 Å². The molecule has 0 heterocycles. The Balaban J connectivity index is 1.11. The molecule has 3 heteroatoms. The summed E-state index contributed by atoms with van der Waals surface area (Å²) in [5.41, 5.74) is 4.27. The van der Waals surface area contributed by atoms with Crippen LogP contribution in [0.4, 0.5) is 0 Å². The van der Waals surface area contributed by atoms with E-state index in [9.17, 15) is 4.79 Å². The number of hydrogen-bond donors (Lipinski definition) is 0. The molecule has 38 heavy (non-hydrogen) atoms. The van der Waals surface area contributed by atoms with Gasteiger partial charge >= 0.3 is 5.97 Å². The van der Waals surface area contributed by atoms with Crippen molar-refractivity contribution in [2.24, 2.45) is 28.6 Å². The average molecular weight is 511 g/mol. The Hall–Kier alpha value is -2.81. The maximum Gasteiger partial charge on any atom is 0.306 e. The summed E-state index contributed by atoms with van der Waals surface area (Å²) in [5.74, 6) is 3.15. The third-order valence-corrected chi connectivity index (χ3v) is 10.6. The molecule has 200 valence electrons. The standard InChI is InChI=1S/C35H42O3/c1-34-21-19-28(37-24-26-11-7-4-8-12-26)23-27(34)14-15-29-30-16-17-32(35(30,2)22-20-31(29)34)38-33(36)18-13-25-9-5-3-6-10-25/h3-12,14,23,29-32H,13,15-22,24H2,1-2H3/t29-,30-,31-,32-,34-,35-/m0/s1. The van der Waals surface area contributed by atoms with Crippen molar-refractivity contribution in [3.05, 3.63) is 95.3 Å². The summed E-state index contributed by atoms with van der Waals surface area (Å²) < 4.78 is 12.5. The first-order chi connectivity index (χ1) is 18.5. The maximum atomic E-state index is 12.8. The number of aryl methyl sites for hydroxylation is 1. The first-order valence-electron chi connectivity index (χ1n) is 14.8. The highest BCUT2D eigenvalue weighted by atomic mass is 16.5. The molecule has 0 aromatic heterocycles. The number of ether oxygens (including phenoxy) is 2. The molecule has 0 aliphatic heterocycles. The van der Waals surface area contributed by atoms with E-state index >= 15 is 0 Å². The van der Waals surface area contributed by atoms with E-state index in [1.54, 1.807) is 0 Å². The number of allylic oxidation sites excluding steroid dienone is 4. The van der Waals surface area contributed by atoms with Crippen LogP contribution >= 0.6 is 0 Å². The number of benzene rings is 2. The molecule has 0 bridgehead atoms. The Labute approximate surface area is 228 Å². The van der Waals surface area contributed by atoms with E-state index in [0.717, 1.165) is 31.4 Å². The summed E-state index contributed by atoms with van der Waals surface area (Å²) in [4.78, 5) is 12.8. The van der Waals surface area contributed by atoms with Gasteiger partial charge in [0, 0.05) is 18.3 Å². The lowest BCUT2D eigenvalue weighted by Gasteiger charge is -2.56. The van der Waals surface area contributed by atoms with Crippen molar-refractivity contribution >= 4 is 5.97 Å². The molecule has 3 nitrogen and oxygen atoms in total. The van der Waals surface area contributed by atoms with Gasteiger partial charge in [-0.3, -0.25) is 4.79 Å². The zero-order chi connectivity index (χ0) is 26.2. The molecule has 4 aliphatic carbocycles. The fraction of sp³-hybridized carbons (Fsp3) is 0.514. The fourth-order valence-electron chi connectivity index (χ4n) is 8.42. The summed E-state index contributed by atoms with van der Waals surface area (Å²) in [7, 11) is 0. The van der Waals surface area contributed by atoms with E-state index < -0.39 is 0 Å². The van der Waals surface area contributed by atoms with Crippen molar-refractivity contribution in [1.82, 2.24) is 0 Å². The lowest BCUT2D eigenvalue weighted by atomic mass is 9.48. The minimum absolute atomic E-state index is 0.0268. The number of carbonyl (C=O) groups excluding carboxylic acids is 1. The third kappa shape index (κ3) is 4.74. The normalized spacial score (nSPS) is 33.7. The first-order valence-corrected chi connectivity index (χ1v) is 14.8. The second-order valence-electron chi connectivity index (χ2n) is 12.7. The molecule has 6 atom stereocenters. The second-order valence-corrected chi connectivity index (χ2v) is 12.7. The highest BCUT2D eigenvalue weighted by Gasteiger charge is 2.59. The van der Waals surface area contributed by atoms with E-state index in [1.807, 2.05) is 18.2 Å². The molecule has 0 N–H and O–H groups in total. The molecule has 2 aromatic rings. The smallest absolute Gasteiger partial charge is 0.306 e. The number of rotatable bonds is 7. The maximum absolute atomic E-state index is 12.8. The average Bonchev–Trinajstić information content (AvgIpc) is 3.27. The molecule has 2 saturated carbocycles. The summed E-state index contributed by atoms with van der Waals surface area (Å²) in [6, 6.07) is 20.7. The minimum Gasteiger partial charge on any atom is -0.493 e. The number of fused-ring (bicyclic) bond motifs is 5. The lowest BCUT2D eigenvalue weighted by Crippen LogP contribution is -2.50. The molecule has 4 aliphatic rings. The van der Waals surface area contributed by atoms with Crippen molar-refractivity contribution in [3.63, 3.8) is 0 Å². The zero-order valence-corrected chi connectivity index (χ0v) is 23.0. The molecule has 0 unspecified atom stereocenters. The van der Waals surface area contributed by atoms with Crippen LogP contribution in [0.5, 0.6) is 0 Å². The Bertz CT molecular complexity index is 1200. The highest BCUT2D eigenvalue weighted by Crippen LogP contribution is 2.65. The molecule has 6 rings (SSSR count). The largest absolute Gasteiger partial charge is 0.493 e. The van der Waals surface area contributed by atoms with Crippen LogP contribution in [-0.4, -0.2) is 12.1 Å². The van der Waals surface area contributed by atoms with E-state index in [4.69, 9.17) is 9.47 Å². The van der Waals surface area contributed by atoms with Crippen molar-refractivity contribution in [2.45, 2.75) is 84.3 Å². The van der Waals surface area contributed by atoms with Crippen LogP contribution in [0.3, 0.4) is 0 Å². The summed E-state index contributed by atoms with van der Waals surface area (Å²) in [5, 5.41) is 0. The number of carbonyl (C=O) groups is 1. The van der Waals surface area contributed by atoms with Crippen LogP contribution in [0.15, 0.2) is 84.1 Å². The van der Waals surface area contributed by atoms with Gasteiger partial charge in [0.1, 0.15) is 12.7 Å². The molecule has 2 aromatic carbocycles. The van der Waals surface area contributed by atoms with Gasteiger partial charge in [-0.2, -0.15) is 0 Å². The predicted molar refractivity (Wildman–Crippen MR) is 151 cm³/mol. The summed E-state index contributed by atoms with van der Waals surface area (Å²) in [6.45, 7) is 5.58. The third-order valence-electron chi connectivity index (χ3n) is 10.6. The van der Waals surface area contributed by atoms with E-state index in [0.29, 0.717) is 30.8 Å². The molecule has 0 spiro atoms. The van der Waals surface area contributed by atoms with Gasteiger partial charge in [0.05, 0.1) is 5.76 Å².